The number of halogens is 2. The van der Waals surface area contributed by atoms with Crippen LogP contribution in [0.1, 0.15) is 10.9 Å². The van der Waals surface area contributed by atoms with Gasteiger partial charge < -0.3 is 10.6 Å². The van der Waals surface area contributed by atoms with Gasteiger partial charge in [0.05, 0.1) is 10.4 Å². The summed E-state index contributed by atoms with van der Waals surface area (Å²) in [7, 11) is 0. The number of hydrogen-bond donors (Lipinski definition) is 2. The van der Waals surface area contributed by atoms with E-state index < -0.39 is 0 Å². The predicted octanol–water partition coefficient (Wildman–Crippen LogP) is 2.06. The first kappa shape index (κ1) is 11.3. The van der Waals surface area contributed by atoms with Gasteiger partial charge in [0.1, 0.15) is 0 Å². The van der Waals surface area contributed by atoms with Gasteiger partial charge in [-0.15, -0.1) is 23.7 Å². The van der Waals surface area contributed by atoms with E-state index in [2.05, 4.69) is 16.7 Å². The Balaban J connectivity index is 0.000000845. The maximum atomic E-state index is 5.85. The van der Waals surface area contributed by atoms with Gasteiger partial charge in [0, 0.05) is 24.5 Å². The van der Waals surface area contributed by atoms with E-state index in [1.54, 1.807) is 11.3 Å². The second kappa shape index (κ2) is 5.17. The molecule has 5 heteroatoms. The van der Waals surface area contributed by atoms with Gasteiger partial charge in [-0.2, -0.15) is 0 Å². The Bertz CT molecular complexity index is 258. The highest BCUT2D eigenvalue weighted by atomic mass is 35.5. The summed E-state index contributed by atoms with van der Waals surface area (Å²) in [5.41, 5.74) is 0. The summed E-state index contributed by atoms with van der Waals surface area (Å²) in [6.45, 7) is 3.12. The molecule has 1 aliphatic rings. The average molecular weight is 239 g/mol. The van der Waals surface area contributed by atoms with Crippen LogP contribution in [-0.2, 0) is 0 Å². The van der Waals surface area contributed by atoms with Crippen LogP contribution in [0.15, 0.2) is 12.1 Å². The molecule has 0 aromatic carbocycles. The van der Waals surface area contributed by atoms with Gasteiger partial charge in [-0.25, -0.2) is 0 Å². The van der Waals surface area contributed by atoms with Crippen molar-refractivity contribution < 1.29 is 0 Å². The van der Waals surface area contributed by atoms with Crippen LogP contribution in [0, 0.1) is 0 Å². The second-order valence-electron chi connectivity index (χ2n) is 2.85. The van der Waals surface area contributed by atoms with Crippen LogP contribution in [0.2, 0.25) is 4.34 Å². The van der Waals surface area contributed by atoms with E-state index in [0.717, 1.165) is 24.0 Å². The van der Waals surface area contributed by atoms with Crippen LogP contribution in [0.25, 0.3) is 0 Å². The summed E-state index contributed by atoms with van der Waals surface area (Å²) >= 11 is 7.51. The van der Waals surface area contributed by atoms with Crippen LogP contribution in [-0.4, -0.2) is 19.6 Å². The second-order valence-corrected chi connectivity index (χ2v) is 4.60. The Morgan fingerprint density at radius 3 is 2.77 bits per heavy atom. The number of hydrogen-bond acceptors (Lipinski definition) is 3. The van der Waals surface area contributed by atoms with Crippen molar-refractivity contribution in [3.63, 3.8) is 0 Å². The molecule has 1 aromatic heterocycles. The van der Waals surface area contributed by atoms with Crippen molar-refractivity contribution in [1.29, 1.82) is 0 Å². The zero-order valence-electron chi connectivity index (χ0n) is 7.05. The normalized spacial score (nSPS) is 22.4. The molecule has 0 bridgehead atoms. The third-order valence-electron chi connectivity index (χ3n) is 1.98. The first-order chi connectivity index (χ1) is 5.86. The van der Waals surface area contributed by atoms with Crippen molar-refractivity contribution >= 4 is 35.3 Å². The van der Waals surface area contributed by atoms with Gasteiger partial charge in [0.15, 0.2) is 0 Å². The molecule has 1 aliphatic heterocycles. The van der Waals surface area contributed by atoms with Crippen molar-refractivity contribution in [1.82, 2.24) is 10.6 Å². The maximum absolute atomic E-state index is 5.85. The van der Waals surface area contributed by atoms with E-state index >= 15 is 0 Å². The number of thiophene rings is 1. The van der Waals surface area contributed by atoms with Crippen molar-refractivity contribution in [3.05, 3.63) is 21.3 Å². The molecular formula is C8H12Cl2N2S. The van der Waals surface area contributed by atoms with Crippen molar-refractivity contribution in [2.45, 2.75) is 6.04 Å². The van der Waals surface area contributed by atoms with Crippen molar-refractivity contribution in [2.24, 2.45) is 0 Å². The zero-order chi connectivity index (χ0) is 8.39. The van der Waals surface area contributed by atoms with E-state index in [1.165, 1.54) is 4.88 Å². The van der Waals surface area contributed by atoms with Gasteiger partial charge in [-0.3, -0.25) is 0 Å². The summed E-state index contributed by atoms with van der Waals surface area (Å²) in [4.78, 5) is 1.33. The molecule has 1 atom stereocenters. The Kier molecular flexibility index (Phi) is 4.49. The topological polar surface area (TPSA) is 24.1 Å². The lowest BCUT2D eigenvalue weighted by Gasteiger charge is -2.23. The third kappa shape index (κ3) is 2.82. The van der Waals surface area contributed by atoms with Gasteiger partial charge in [-0.1, -0.05) is 11.6 Å². The molecule has 0 unspecified atom stereocenters. The van der Waals surface area contributed by atoms with E-state index in [1.807, 2.05) is 6.07 Å². The number of piperazine rings is 1. The minimum absolute atomic E-state index is 0. The minimum atomic E-state index is 0. The first-order valence-electron chi connectivity index (χ1n) is 4.05. The lowest BCUT2D eigenvalue weighted by atomic mass is 10.2. The summed E-state index contributed by atoms with van der Waals surface area (Å²) in [5.74, 6) is 0. The lowest BCUT2D eigenvalue weighted by Crippen LogP contribution is -2.42. The molecule has 74 valence electrons. The highest BCUT2D eigenvalue weighted by molar-refractivity contribution is 7.16. The molecule has 1 fully saturated rings. The molecule has 13 heavy (non-hydrogen) atoms. The van der Waals surface area contributed by atoms with E-state index in [-0.39, 0.29) is 12.4 Å². The van der Waals surface area contributed by atoms with Gasteiger partial charge in [0.25, 0.3) is 0 Å². The molecule has 0 saturated carbocycles. The van der Waals surface area contributed by atoms with Crippen molar-refractivity contribution in [3.8, 4) is 0 Å². The molecule has 1 aromatic rings. The third-order valence-corrected chi connectivity index (χ3v) is 3.32. The number of rotatable bonds is 1. The highest BCUT2D eigenvalue weighted by Crippen LogP contribution is 2.26. The molecule has 0 radical (unpaired) electrons. The maximum Gasteiger partial charge on any atom is 0.0931 e. The zero-order valence-corrected chi connectivity index (χ0v) is 9.44. The van der Waals surface area contributed by atoms with Gasteiger partial charge in [0.2, 0.25) is 0 Å². The molecule has 1 saturated heterocycles. The van der Waals surface area contributed by atoms with E-state index in [4.69, 9.17) is 11.6 Å². The molecule has 0 amide bonds. The van der Waals surface area contributed by atoms with Crippen molar-refractivity contribution in [2.75, 3.05) is 19.6 Å². The smallest absolute Gasteiger partial charge is 0.0931 e. The van der Waals surface area contributed by atoms with Gasteiger partial charge >= 0.3 is 0 Å². The standard InChI is InChI=1S/C8H11ClN2S.ClH/c9-8-2-1-7(12-8)6-5-10-3-4-11-6;/h1-2,6,10-11H,3-5H2;1H/t6-;/m0./s1. The fourth-order valence-electron chi connectivity index (χ4n) is 1.37. The molecule has 2 heterocycles. The van der Waals surface area contributed by atoms with E-state index in [0.29, 0.717) is 6.04 Å². The Morgan fingerprint density at radius 1 is 1.38 bits per heavy atom. The molecule has 0 spiro atoms. The Morgan fingerprint density at radius 2 is 2.23 bits per heavy atom. The summed E-state index contributed by atoms with van der Waals surface area (Å²) in [6, 6.07) is 4.51. The first-order valence-corrected chi connectivity index (χ1v) is 5.25. The van der Waals surface area contributed by atoms with Crippen LogP contribution in [0.4, 0.5) is 0 Å². The SMILES string of the molecule is Cl.Clc1ccc([C@@H]2CNCCN2)s1. The fraction of sp³-hybridized carbons (Fsp3) is 0.500. The lowest BCUT2D eigenvalue weighted by molar-refractivity contribution is 0.435. The molecule has 2 rings (SSSR count). The largest absolute Gasteiger partial charge is 0.314 e. The Labute approximate surface area is 93.1 Å². The monoisotopic (exact) mass is 238 g/mol. The average Bonchev–Trinajstić information content (AvgIpc) is 2.54. The molecular weight excluding hydrogens is 227 g/mol. The minimum Gasteiger partial charge on any atom is -0.314 e. The van der Waals surface area contributed by atoms with Crippen LogP contribution >= 0.6 is 35.3 Å². The van der Waals surface area contributed by atoms with Crippen LogP contribution in [0.5, 0.6) is 0 Å². The quantitative estimate of drug-likeness (QED) is 0.783. The van der Waals surface area contributed by atoms with Crippen LogP contribution in [0.3, 0.4) is 0 Å². The predicted molar refractivity (Wildman–Crippen MR) is 60.2 cm³/mol. The Hall–Kier alpha value is 0.200. The molecule has 2 N–H and O–H groups in total. The molecule has 0 aliphatic carbocycles. The fourth-order valence-corrected chi connectivity index (χ4v) is 2.51. The van der Waals surface area contributed by atoms with E-state index in [9.17, 15) is 0 Å². The summed E-state index contributed by atoms with van der Waals surface area (Å²) < 4.78 is 0.873. The number of nitrogens with one attached hydrogen (secondary N) is 2. The molecule has 2 nitrogen and oxygen atoms in total. The van der Waals surface area contributed by atoms with Crippen LogP contribution < -0.4 is 10.6 Å². The summed E-state index contributed by atoms with van der Waals surface area (Å²) in [5, 5.41) is 6.78. The summed E-state index contributed by atoms with van der Waals surface area (Å²) in [6.07, 6.45) is 0. The van der Waals surface area contributed by atoms with Gasteiger partial charge in [-0.05, 0) is 12.1 Å². The highest BCUT2D eigenvalue weighted by Gasteiger charge is 2.15.